The molecule has 1 heterocycles. The molecule has 0 fully saturated rings. The number of hydrogen-bond donors (Lipinski definition) is 1. The number of ether oxygens (including phenoxy) is 1. The molecule has 0 aliphatic rings. The van der Waals surface area contributed by atoms with E-state index in [1.807, 2.05) is 36.0 Å². The van der Waals surface area contributed by atoms with Crippen LogP contribution in [0.3, 0.4) is 0 Å². The number of anilines is 1. The highest BCUT2D eigenvalue weighted by Crippen LogP contribution is 2.17. The highest BCUT2D eigenvalue weighted by Gasteiger charge is 2.03. The first-order chi connectivity index (χ1) is 8.72. The third kappa shape index (κ3) is 2.83. The van der Waals surface area contributed by atoms with Crippen LogP contribution in [0, 0.1) is 0 Å². The van der Waals surface area contributed by atoms with E-state index in [0.717, 1.165) is 30.1 Å². The lowest BCUT2D eigenvalue weighted by Gasteiger charge is -2.08. The molecule has 2 aromatic rings. The quantitative estimate of drug-likeness (QED) is 0.880. The Bertz CT molecular complexity index is 520. The molecular formula is C14H19N3O. The third-order valence-corrected chi connectivity index (χ3v) is 2.93. The maximum atomic E-state index is 5.19. The van der Waals surface area contributed by atoms with Crippen LogP contribution in [0.5, 0.6) is 5.75 Å². The van der Waals surface area contributed by atoms with Gasteiger partial charge in [-0.2, -0.15) is 5.10 Å². The fourth-order valence-electron chi connectivity index (χ4n) is 1.84. The van der Waals surface area contributed by atoms with E-state index >= 15 is 0 Å². The van der Waals surface area contributed by atoms with Crippen LogP contribution in [0.2, 0.25) is 0 Å². The van der Waals surface area contributed by atoms with Gasteiger partial charge in [-0.15, -0.1) is 0 Å². The van der Waals surface area contributed by atoms with Gasteiger partial charge in [-0.25, -0.2) is 0 Å². The van der Waals surface area contributed by atoms with Gasteiger partial charge in [-0.3, -0.25) is 4.68 Å². The van der Waals surface area contributed by atoms with E-state index < -0.39 is 0 Å². The van der Waals surface area contributed by atoms with E-state index in [0.29, 0.717) is 0 Å². The minimum Gasteiger partial charge on any atom is -0.497 e. The Morgan fingerprint density at radius 3 is 2.83 bits per heavy atom. The van der Waals surface area contributed by atoms with Crippen molar-refractivity contribution in [3.05, 3.63) is 41.7 Å². The molecular weight excluding hydrogens is 226 g/mol. The molecule has 4 heteroatoms. The van der Waals surface area contributed by atoms with Crippen molar-refractivity contribution in [3.63, 3.8) is 0 Å². The predicted octanol–water partition coefficient (Wildman–Crippen LogP) is 2.60. The smallest absolute Gasteiger partial charge is 0.120 e. The number of rotatable bonds is 5. The Morgan fingerprint density at radius 2 is 2.17 bits per heavy atom. The number of nitrogens with zero attached hydrogens (tertiary/aromatic N) is 2. The first-order valence-corrected chi connectivity index (χ1v) is 6.12. The molecule has 4 nitrogen and oxygen atoms in total. The fourth-order valence-corrected chi connectivity index (χ4v) is 1.84. The van der Waals surface area contributed by atoms with Crippen LogP contribution < -0.4 is 10.1 Å². The molecule has 0 spiro atoms. The zero-order valence-electron chi connectivity index (χ0n) is 11.1. The number of aryl methyl sites for hydroxylation is 2. The lowest BCUT2D eigenvalue weighted by molar-refractivity contribution is 0.415. The van der Waals surface area contributed by atoms with Gasteiger partial charge in [0.25, 0.3) is 0 Å². The summed E-state index contributed by atoms with van der Waals surface area (Å²) in [7, 11) is 3.65. The molecule has 1 aromatic heterocycles. The normalized spacial score (nSPS) is 10.4. The fraction of sp³-hybridized carbons (Fsp3) is 0.357. The van der Waals surface area contributed by atoms with Gasteiger partial charge in [0.2, 0.25) is 0 Å². The highest BCUT2D eigenvalue weighted by atomic mass is 16.5. The summed E-state index contributed by atoms with van der Waals surface area (Å²) in [5.74, 6) is 0.860. The zero-order valence-corrected chi connectivity index (χ0v) is 11.1. The lowest BCUT2D eigenvalue weighted by atomic mass is 10.2. The molecule has 0 atom stereocenters. The molecule has 0 radical (unpaired) electrons. The number of nitrogens with one attached hydrogen (secondary N) is 1. The summed E-state index contributed by atoms with van der Waals surface area (Å²) in [5.41, 5.74) is 3.35. The molecule has 0 unspecified atom stereocenters. The van der Waals surface area contributed by atoms with Crippen LogP contribution in [0.25, 0.3) is 0 Å². The van der Waals surface area contributed by atoms with Crippen molar-refractivity contribution < 1.29 is 4.74 Å². The molecule has 0 amide bonds. The molecule has 96 valence electrons. The number of hydrogen-bond acceptors (Lipinski definition) is 3. The van der Waals surface area contributed by atoms with Crippen LogP contribution >= 0.6 is 0 Å². The first-order valence-electron chi connectivity index (χ1n) is 6.12. The molecule has 18 heavy (non-hydrogen) atoms. The van der Waals surface area contributed by atoms with Gasteiger partial charge in [0, 0.05) is 18.8 Å². The average molecular weight is 245 g/mol. The van der Waals surface area contributed by atoms with Crippen molar-refractivity contribution in [1.29, 1.82) is 0 Å². The Hall–Kier alpha value is -1.97. The van der Waals surface area contributed by atoms with E-state index in [4.69, 9.17) is 4.74 Å². The molecule has 1 aromatic carbocycles. The molecule has 1 N–H and O–H groups in total. The molecule has 0 aliphatic heterocycles. The molecule has 0 saturated heterocycles. The summed E-state index contributed by atoms with van der Waals surface area (Å²) in [6.45, 7) is 2.87. The zero-order chi connectivity index (χ0) is 13.0. The molecule has 0 bridgehead atoms. The topological polar surface area (TPSA) is 39.1 Å². The Balaban J connectivity index is 2.03. The predicted molar refractivity (Wildman–Crippen MR) is 72.9 cm³/mol. The number of aromatic nitrogens is 2. The van der Waals surface area contributed by atoms with Gasteiger partial charge in [0.1, 0.15) is 5.75 Å². The maximum absolute atomic E-state index is 5.19. The van der Waals surface area contributed by atoms with Gasteiger partial charge in [0.05, 0.1) is 25.0 Å². The van der Waals surface area contributed by atoms with Crippen LogP contribution in [0.15, 0.2) is 30.3 Å². The maximum Gasteiger partial charge on any atom is 0.120 e. The van der Waals surface area contributed by atoms with Crippen molar-refractivity contribution in [2.24, 2.45) is 7.05 Å². The summed E-state index contributed by atoms with van der Waals surface area (Å²) < 4.78 is 7.12. The van der Waals surface area contributed by atoms with Crippen molar-refractivity contribution in [2.75, 3.05) is 12.4 Å². The molecule has 2 rings (SSSR count). The van der Waals surface area contributed by atoms with Gasteiger partial charge in [0.15, 0.2) is 0 Å². The van der Waals surface area contributed by atoms with Crippen molar-refractivity contribution in [3.8, 4) is 5.75 Å². The SMILES string of the molecule is CCc1cc(CNc2cccc(OC)c2)n(C)n1. The molecule has 0 aliphatic carbocycles. The summed E-state index contributed by atoms with van der Waals surface area (Å²) in [5, 5.41) is 7.80. The minimum absolute atomic E-state index is 0.761. The second kappa shape index (κ2) is 5.58. The minimum atomic E-state index is 0.761. The van der Waals surface area contributed by atoms with E-state index in [2.05, 4.69) is 23.4 Å². The van der Waals surface area contributed by atoms with Crippen LogP contribution in [0.1, 0.15) is 18.3 Å². The Kier molecular flexibility index (Phi) is 3.87. The lowest BCUT2D eigenvalue weighted by Crippen LogP contribution is -2.05. The Labute approximate surface area is 108 Å². The van der Waals surface area contributed by atoms with E-state index in [1.165, 1.54) is 5.69 Å². The van der Waals surface area contributed by atoms with Crippen LogP contribution in [-0.2, 0) is 20.0 Å². The highest BCUT2D eigenvalue weighted by molar-refractivity contribution is 5.48. The second-order valence-corrected chi connectivity index (χ2v) is 4.19. The van der Waals surface area contributed by atoms with Crippen LogP contribution in [0.4, 0.5) is 5.69 Å². The first kappa shape index (κ1) is 12.5. The summed E-state index contributed by atoms with van der Waals surface area (Å²) in [6.07, 6.45) is 0.965. The largest absolute Gasteiger partial charge is 0.497 e. The van der Waals surface area contributed by atoms with E-state index in [1.54, 1.807) is 7.11 Å². The summed E-state index contributed by atoms with van der Waals surface area (Å²) in [6, 6.07) is 10.1. The molecule has 0 saturated carbocycles. The van der Waals surface area contributed by atoms with Crippen molar-refractivity contribution in [2.45, 2.75) is 19.9 Å². The van der Waals surface area contributed by atoms with Gasteiger partial charge in [-0.1, -0.05) is 13.0 Å². The van der Waals surface area contributed by atoms with E-state index in [9.17, 15) is 0 Å². The van der Waals surface area contributed by atoms with Gasteiger partial charge < -0.3 is 10.1 Å². The standard InChI is InChI=1S/C14H19N3O/c1-4-11-8-13(17(2)16-11)10-15-12-6-5-7-14(9-12)18-3/h5-9,15H,4,10H2,1-3H3. The number of benzene rings is 1. The average Bonchev–Trinajstić information content (AvgIpc) is 2.77. The monoisotopic (exact) mass is 245 g/mol. The number of methoxy groups -OCH3 is 1. The Morgan fingerprint density at radius 1 is 1.33 bits per heavy atom. The van der Waals surface area contributed by atoms with Crippen LogP contribution in [-0.4, -0.2) is 16.9 Å². The summed E-state index contributed by atoms with van der Waals surface area (Å²) >= 11 is 0. The summed E-state index contributed by atoms with van der Waals surface area (Å²) in [4.78, 5) is 0. The van der Waals surface area contributed by atoms with Gasteiger partial charge in [-0.05, 0) is 24.6 Å². The van der Waals surface area contributed by atoms with E-state index in [-0.39, 0.29) is 0 Å². The third-order valence-electron chi connectivity index (χ3n) is 2.93. The van der Waals surface area contributed by atoms with Crippen molar-refractivity contribution >= 4 is 5.69 Å². The van der Waals surface area contributed by atoms with Crippen molar-refractivity contribution in [1.82, 2.24) is 9.78 Å². The van der Waals surface area contributed by atoms with Gasteiger partial charge >= 0.3 is 0 Å². The second-order valence-electron chi connectivity index (χ2n) is 4.19.